The molecule has 6 aromatic rings. The molecular formula is C64H75N10O13P. The lowest BCUT2D eigenvalue weighted by atomic mass is 9.78. The van der Waals surface area contributed by atoms with E-state index < -0.39 is 84.8 Å². The second-order valence-electron chi connectivity index (χ2n) is 23.4. The Hall–Kier alpha value is -8.53. The lowest BCUT2D eigenvalue weighted by molar-refractivity contribution is -0.146. The summed E-state index contributed by atoms with van der Waals surface area (Å²) in [6.45, 7) is 3.10. The van der Waals surface area contributed by atoms with Crippen molar-refractivity contribution in [3.63, 3.8) is 0 Å². The summed E-state index contributed by atoms with van der Waals surface area (Å²) in [5.74, 6) is -3.93. The van der Waals surface area contributed by atoms with Gasteiger partial charge in [-0.25, -0.2) is 4.79 Å². The third kappa shape index (κ3) is 13.8. The van der Waals surface area contributed by atoms with E-state index in [1.165, 1.54) is 32.2 Å². The van der Waals surface area contributed by atoms with E-state index in [4.69, 9.17) is 14.8 Å². The summed E-state index contributed by atoms with van der Waals surface area (Å²) >= 11 is 0. The third-order valence-corrected chi connectivity index (χ3v) is 19.6. The molecule has 0 spiro atoms. The van der Waals surface area contributed by atoms with Gasteiger partial charge in [-0.05, 0) is 143 Å². The van der Waals surface area contributed by atoms with Gasteiger partial charge in [-0.15, -0.1) is 0 Å². The average Bonchev–Trinajstić information content (AvgIpc) is 1.84. The van der Waals surface area contributed by atoms with Crippen molar-refractivity contribution in [3.05, 3.63) is 142 Å². The van der Waals surface area contributed by atoms with E-state index in [0.717, 1.165) is 48.8 Å². The van der Waals surface area contributed by atoms with E-state index in [1.807, 2.05) is 78.9 Å². The molecule has 4 aromatic carbocycles. The highest BCUT2D eigenvalue weighted by Crippen LogP contribution is 2.51. The number of aromatic nitrogens is 3. The third-order valence-electron chi connectivity index (χ3n) is 17.6. The van der Waals surface area contributed by atoms with Crippen LogP contribution in [0.5, 0.6) is 0 Å². The van der Waals surface area contributed by atoms with Crippen LogP contribution in [0.25, 0.3) is 21.9 Å². The highest BCUT2D eigenvalue weighted by Gasteiger charge is 2.47. The van der Waals surface area contributed by atoms with Crippen molar-refractivity contribution in [2.75, 3.05) is 26.3 Å². The standard InChI is InChI=1S/C64H75N10O13P/c1-4-86-88(85,87-5-2)63(83)43-21-23-46-44(35-43)36-48(66-46)59(79)68-49-37-72(56(77)34-39-18-16-38(17-19-39)32-40-20-25-50-53(33-40)71(3)64(84)74(50)52-27-29-55(76)69-61(52)81)31-30-45-22-26-51(73(45)62(49)82)60(80)67-47(24-28-54(65)75)58(78)70-57(41-12-8-6-9-13-41)42-14-10-7-11-15-42/h6-15,20-21,23,25,33,35-36,38-39,45,47,49,51-52,57,66H,4-5,16-19,22,24,26-32,34,37H2,1-3H3,(H2,65,75)(H,67,80)(H,68,79)(H,70,78)(H,69,76,81)/t38-,39+,45-,47+,49+,51+,52+/m1/s1. The Morgan fingerprint density at radius 2 is 1.44 bits per heavy atom. The van der Waals surface area contributed by atoms with Gasteiger partial charge in [-0.2, -0.15) is 0 Å². The normalized spacial score (nSPS) is 21.1. The molecule has 10 rings (SSSR count). The number of imide groups is 1. The number of carbonyl (C=O) groups excluding carboxylic acids is 9. The zero-order valence-corrected chi connectivity index (χ0v) is 50.5. The van der Waals surface area contributed by atoms with Crippen LogP contribution >= 0.6 is 7.60 Å². The summed E-state index contributed by atoms with van der Waals surface area (Å²) in [5, 5.41) is 11.6. The maximum absolute atomic E-state index is 15.3. The topological polar surface area (TPSA) is 312 Å². The molecule has 4 aliphatic rings. The number of H-pyrrole nitrogens is 1. The number of carbonyl (C=O) groups is 9. The van der Waals surface area contributed by atoms with E-state index in [-0.39, 0.29) is 99.5 Å². The zero-order valence-electron chi connectivity index (χ0n) is 49.6. The van der Waals surface area contributed by atoms with Crippen molar-refractivity contribution in [2.45, 2.75) is 134 Å². The summed E-state index contributed by atoms with van der Waals surface area (Å²) < 4.78 is 27.0. The Balaban J connectivity index is 0.855. The van der Waals surface area contributed by atoms with Crippen LogP contribution < -0.4 is 32.7 Å². The number of primary amides is 1. The predicted molar refractivity (Wildman–Crippen MR) is 325 cm³/mol. The van der Waals surface area contributed by atoms with Gasteiger partial charge in [0.05, 0.1) is 30.3 Å². The quantitative estimate of drug-likeness (QED) is 0.0337. The number of amides is 8. The first-order valence-corrected chi connectivity index (χ1v) is 31.9. The molecule has 8 amide bonds. The number of hydrogen-bond acceptors (Lipinski definition) is 13. The van der Waals surface area contributed by atoms with Crippen LogP contribution in [0, 0.1) is 11.8 Å². The maximum Gasteiger partial charge on any atom is 0.401 e. The fourth-order valence-electron chi connectivity index (χ4n) is 13.1. The Labute approximate surface area is 508 Å². The number of aromatic amines is 1. The minimum atomic E-state index is -4.18. The monoisotopic (exact) mass is 1220 g/mol. The predicted octanol–water partition coefficient (Wildman–Crippen LogP) is 5.99. The molecule has 4 fully saturated rings. The van der Waals surface area contributed by atoms with E-state index in [9.17, 15) is 47.7 Å². The van der Waals surface area contributed by atoms with Crippen LogP contribution in [-0.4, -0.2) is 127 Å². The summed E-state index contributed by atoms with van der Waals surface area (Å²) in [4.78, 5) is 143. The molecule has 464 valence electrons. The minimum Gasteiger partial charge on any atom is -0.370 e. The van der Waals surface area contributed by atoms with Gasteiger partial charge >= 0.3 is 13.3 Å². The molecule has 5 atom stereocenters. The number of aryl methyl sites for hydroxylation is 1. The van der Waals surface area contributed by atoms with Gasteiger partial charge < -0.3 is 45.5 Å². The van der Waals surface area contributed by atoms with Gasteiger partial charge in [0.1, 0.15) is 29.9 Å². The van der Waals surface area contributed by atoms with Gasteiger partial charge in [-0.3, -0.25) is 62.2 Å². The van der Waals surface area contributed by atoms with Crippen molar-refractivity contribution in [1.82, 2.24) is 45.2 Å². The molecule has 23 nitrogen and oxygen atoms in total. The van der Waals surface area contributed by atoms with Crippen LogP contribution in [0.3, 0.4) is 0 Å². The minimum absolute atomic E-state index is 0.0105. The van der Waals surface area contributed by atoms with Gasteiger partial charge in [0, 0.05) is 61.9 Å². The fourth-order valence-corrected chi connectivity index (χ4v) is 14.5. The highest BCUT2D eigenvalue weighted by molar-refractivity contribution is 7.72. The molecule has 2 aromatic heterocycles. The van der Waals surface area contributed by atoms with Crippen LogP contribution in [-0.2, 0) is 60.6 Å². The van der Waals surface area contributed by atoms with Crippen molar-refractivity contribution < 1.29 is 56.8 Å². The molecule has 7 N–H and O–H groups in total. The molecule has 0 radical (unpaired) electrons. The second kappa shape index (κ2) is 27.2. The van der Waals surface area contributed by atoms with Gasteiger partial charge in [0.2, 0.25) is 41.4 Å². The number of imidazole rings is 1. The number of nitrogens with two attached hydrogens (primary N) is 1. The van der Waals surface area contributed by atoms with Crippen LogP contribution in [0.15, 0.2) is 108 Å². The average molecular weight is 1220 g/mol. The number of hydrogen-bond donors (Lipinski definition) is 6. The largest absolute Gasteiger partial charge is 0.401 e. The molecule has 1 saturated carbocycles. The molecule has 1 aliphatic carbocycles. The Kier molecular flexibility index (Phi) is 19.4. The van der Waals surface area contributed by atoms with E-state index in [1.54, 1.807) is 31.9 Å². The molecule has 3 aliphatic heterocycles. The molecule has 3 saturated heterocycles. The lowest BCUT2D eigenvalue weighted by Gasteiger charge is -2.39. The number of benzene rings is 4. The van der Waals surface area contributed by atoms with Crippen molar-refractivity contribution >= 4 is 82.3 Å². The van der Waals surface area contributed by atoms with Crippen molar-refractivity contribution in [1.29, 1.82) is 0 Å². The maximum atomic E-state index is 15.3. The molecule has 5 heterocycles. The van der Waals surface area contributed by atoms with Crippen LogP contribution in [0.2, 0.25) is 0 Å². The molecule has 0 unspecified atom stereocenters. The van der Waals surface area contributed by atoms with Crippen molar-refractivity contribution in [3.8, 4) is 0 Å². The summed E-state index contributed by atoms with van der Waals surface area (Å²) in [7, 11) is -2.52. The first kappa shape index (κ1) is 62.5. The molecule has 0 bridgehead atoms. The van der Waals surface area contributed by atoms with E-state index >= 15 is 4.79 Å². The number of rotatable bonds is 22. The summed E-state index contributed by atoms with van der Waals surface area (Å²) in [5.41, 5.74) is 8.78. The van der Waals surface area contributed by atoms with Gasteiger partial charge in [0.15, 0.2) is 0 Å². The number of nitrogens with one attached hydrogen (secondary N) is 5. The SMILES string of the molecule is CCOP(=O)(OCC)C(=O)c1ccc2[nH]c(C(=O)N[C@H]3CN(C(=O)C[C@H]4CC[C@@H](Cc5ccc6c(c5)n(C)c(=O)n6[C@H]5CCC(=O)NC5=O)CC4)CC[C@H]4CC[C@@H](C(=O)N[C@@H](CCC(N)=O)C(=O)NC(c5ccccc5)c5ccccc5)N4C3=O)cc2c1. The Bertz CT molecular complexity index is 3710. The molecular weight excluding hydrogens is 1150 g/mol. The second-order valence-corrected chi connectivity index (χ2v) is 25.3. The first-order chi connectivity index (χ1) is 42.3. The number of fused-ring (bicyclic) bond motifs is 3. The lowest BCUT2D eigenvalue weighted by Crippen LogP contribution is -2.62. The van der Waals surface area contributed by atoms with E-state index in [2.05, 4.69) is 26.3 Å². The molecule has 24 heteroatoms. The smallest absolute Gasteiger partial charge is 0.370 e. The summed E-state index contributed by atoms with van der Waals surface area (Å²) in [6, 6.07) is 24.7. The van der Waals surface area contributed by atoms with Gasteiger partial charge in [0.25, 0.3) is 11.4 Å². The highest BCUT2D eigenvalue weighted by atomic mass is 31.2. The Morgan fingerprint density at radius 1 is 0.761 bits per heavy atom. The number of nitrogens with zero attached hydrogens (tertiary/aromatic N) is 4. The first-order valence-electron chi connectivity index (χ1n) is 30.3. The zero-order chi connectivity index (χ0) is 62.4. The Morgan fingerprint density at radius 3 is 2.10 bits per heavy atom. The van der Waals surface area contributed by atoms with Crippen LogP contribution in [0.1, 0.15) is 141 Å². The molecule has 88 heavy (non-hydrogen) atoms. The number of piperidine rings is 1. The fraction of sp³-hybridized carbons (Fsp3) is 0.438. The summed E-state index contributed by atoms with van der Waals surface area (Å²) in [6.07, 6.45) is 5.08. The van der Waals surface area contributed by atoms with Gasteiger partial charge in [-0.1, -0.05) is 66.7 Å². The van der Waals surface area contributed by atoms with Crippen molar-refractivity contribution in [2.24, 2.45) is 24.6 Å². The van der Waals surface area contributed by atoms with E-state index in [0.29, 0.717) is 40.7 Å². The van der Waals surface area contributed by atoms with Crippen LogP contribution in [0.4, 0.5) is 0 Å².